The molecule has 13 heavy (non-hydrogen) atoms. The minimum Gasteiger partial charge on any atom is -0.295 e. The normalized spacial score (nSPS) is 20.5. The molecular formula is C8H13F2N3. The molecule has 0 aliphatic carbocycles. The lowest BCUT2D eigenvalue weighted by Crippen LogP contribution is -2.47. The second-order valence-electron chi connectivity index (χ2n) is 3.13. The largest absolute Gasteiger partial charge is 0.295 e. The molecule has 0 atom stereocenters. The molecule has 0 bridgehead atoms. The Morgan fingerprint density at radius 2 is 1.69 bits per heavy atom. The quantitative estimate of drug-likeness (QED) is 0.602. The van der Waals surface area contributed by atoms with E-state index in [1.807, 2.05) is 4.90 Å². The fraction of sp³-hybridized carbons (Fsp3) is 0.875. The average Bonchev–Trinajstić information content (AvgIpc) is 2.08. The van der Waals surface area contributed by atoms with E-state index < -0.39 is 6.43 Å². The molecule has 1 heterocycles. The van der Waals surface area contributed by atoms with Gasteiger partial charge in [-0.3, -0.25) is 9.80 Å². The summed E-state index contributed by atoms with van der Waals surface area (Å²) in [6.07, 6.45) is -2.25. The Morgan fingerprint density at radius 3 is 2.15 bits per heavy atom. The van der Waals surface area contributed by atoms with Crippen LogP contribution < -0.4 is 0 Å². The first kappa shape index (κ1) is 10.4. The number of halogens is 2. The van der Waals surface area contributed by atoms with Crippen molar-refractivity contribution in [2.24, 2.45) is 0 Å². The topological polar surface area (TPSA) is 30.3 Å². The molecule has 74 valence electrons. The number of nitrogens with zero attached hydrogens (tertiary/aromatic N) is 3. The van der Waals surface area contributed by atoms with Crippen LogP contribution in [0.2, 0.25) is 0 Å². The fourth-order valence-electron chi connectivity index (χ4n) is 1.43. The second kappa shape index (κ2) is 5.10. The Balaban J connectivity index is 2.19. The lowest BCUT2D eigenvalue weighted by Gasteiger charge is -2.32. The number of hydrogen-bond donors (Lipinski definition) is 0. The van der Waals surface area contributed by atoms with Gasteiger partial charge in [0.05, 0.1) is 19.2 Å². The monoisotopic (exact) mass is 189 g/mol. The van der Waals surface area contributed by atoms with Gasteiger partial charge < -0.3 is 0 Å². The Kier molecular flexibility index (Phi) is 4.06. The van der Waals surface area contributed by atoms with Crippen molar-refractivity contribution >= 4 is 0 Å². The van der Waals surface area contributed by atoms with Crippen LogP contribution in [-0.2, 0) is 0 Å². The van der Waals surface area contributed by atoms with E-state index in [1.165, 1.54) is 0 Å². The maximum absolute atomic E-state index is 12.0. The van der Waals surface area contributed by atoms with E-state index in [-0.39, 0.29) is 6.54 Å². The van der Waals surface area contributed by atoms with Crippen LogP contribution in [0.5, 0.6) is 0 Å². The highest BCUT2D eigenvalue weighted by Gasteiger charge is 2.18. The van der Waals surface area contributed by atoms with Gasteiger partial charge in [-0.25, -0.2) is 8.78 Å². The van der Waals surface area contributed by atoms with Crippen molar-refractivity contribution in [3.8, 4) is 6.07 Å². The summed E-state index contributed by atoms with van der Waals surface area (Å²) >= 11 is 0. The van der Waals surface area contributed by atoms with E-state index in [0.29, 0.717) is 19.6 Å². The van der Waals surface area contributed by atoms with E-state index in [1.54, 1.807) is 4.90 Å². The SMILES string of the molecule is N#CCN1CCN(CC(F)F)CC1. The Bertz CT molecular complexity index is 182. The standard InChI is InChI=1S/C8H13F2N3/c9-8(10)7-13-5-3-12(2-1-11)4-6-13/h8H,2-7H2. The summed E-state index contributed by atoms with van der Waals surface area (Å²) in [6, 6.07) is 2.05. The van der Waals surface area contributed by atoms with Gasteiger partial charge in [-0.15, -0.1) is 0 Å². The van der Waals surface area contributed by atoms with Gasteiger partial charge in [0.15, 0.2) is 0 Å². The molecule has 1 aliphatic rings. The van der Waals surface area contributed by atoms with Gasteiger partial charge in [0.1, 0.15) is 0 Å². The van der Waals surface area contributed by atoms with Crippen molar-refractivity contribution < 1.29 is 8.78 Å². The summed E-state index contributed by atoms with van der Waals surface area (Å²) < 4.78 is 23.9. The molecule has 0 amide bonds. The molecule has 0 spiro atoms. The zero-order valence-corrected chi connectivity index (χ0v) is 7.42. The zero-order valence-electron chi connectivity index (χ0n) is 7.42. The first-order chi connectivity index (χ1) is 6.22. The molecule has 0 radical (unpaired) electrons. The van der Waals surface area contributed by atoms with E-state index >= 15 is 0 Å². The van der Waals surface area contributed by atoms with Gasteiger partial charge in [0, 0.05) is 26.2 Å². The molecule has 0 unspecified atom stereocenters. The van der Waals surface area contributed by atoms with Gasteiger partial charge in [0.2, 0.25) is 0 Å². The summed E-state index contributed by atoms with van der Waals surface area (Å²) in [7, 11) is 0. The molecule has 1 fully saturated rings. The molecule has 5 heteroatoms. The third-order valence-corrected chi connectivity index (χ3v) is 2.16. The lowest BCUT2D eigenvalue weighted by atomic mass is 10.3. The molecule has 1 saturated heterocycles. The van der Waals surface area contributed by atoms with Crippen molar-refractivity contribution in [2.75, 3.05) is 39.3 Å². The van der Waals surface area contributed by atoms with Gasteiger partial charge in [0.25, 0.3) is 6.43 Å². The van der Waals surface area contributed by atoms with Crippen molar-refractivity contribution in [3.05, 3.63) is 0 Å². The molecule has 0 saturated carbocycles. The molecule has 3 nitrogen and oxygen atoms in total. The van der Waals surface area contributed by atoms with Crippen molar-refractivity contribution in [1.29, 1.82) is 5.26 Å². The molecule has 0 aromatic rings. The number of piperazine rings is 1. The molecular weight excluding hydrogens is 176 g/mol. The van der Waals surface area contributed by atoms with Crippen LogP contribution in [0.4, 0.5) is 8.78 Å². The molecule has 1 aliphatic heterocycles. The van der Waals surface area contributed by atoms with E-state index in [0.717, 1.165) is 13.1 Å². The van der Waals surface area contributed by atoms with E-state index in [9.17, 15) is 8.78 Å². The number of alkyl halides is 2. The minimum atomic E-state index is -2.25. The Morgan fingerprint density at radius 1 is 1.15 bits per heavy atom. The summed E-state index contributed by atoms with van der Waals surface area (Å²) in [4.78, 5) is 3.71. The summed E-state index contributed by atoms with van der Waals surface area (Å²) in [6.45, 7) is 3.00. The minimum absolute atomic E-state index is 0.138. The fourth-order valence-corrected chi connectivity index (χ4v) is 1.43. The van der Waals surface area contributed by atoms with Gasteiger partial charge in [-0.05, 0) is 0 Å². The zero-order chi connectivity index (χ0) is 9.68. The van der Waals surface area contributed by atoms with Crippen LogP contribution >= 0.6 is 0 Å². The average molecular weight is 189 g/mol. The summed E-state index contributed by atoms with van der Waals surface area (Å²) in [5.74, 6) is 0. The molecule has 0 aromatic heterocycles. The highest BCUT2D eigenvalue weighted by Crippen LogP contribution is 2.03. The smallest absolute Gasteiger partial charge is 0.251 e. The Hall–Kier alpha value is -0.730. The third kappa shape index (κ3) is 3.66. The second-order valence-corrected chi connectivity index (χ2v) is 3.13. The van der Waals surface area contributed by atoms with Crippen molar-refractivity contribution in [2.45, 2.75) is 6.43 Å². The number of nitriles is 1. The van der Waals surface area contributed by atoms with Gasteiger partial charge >= 0.3 is 0 Å². The van der Waals surface area contributed by atoms with Gasteiger partial charge in [-0.2, -0.15) is 5.26 Å². The first-order valence-corrected chi connectivity index (χ1v) is 4.32. The maximum atomic E-state index is 12.0. The summed E-state index contributed by atoms with van der Waals surface area (Å²) in [5.41, 5.74) is 0. The lowest BCUT2D eigenvalue weighted by molar-refractivity contribution is 0.0595. The third-order valence-electron chi connectivity index (χ3n) is 2.16. The van der Waals surface area contributed by atoms with Crippen LogP contribution in [0.25, 0.3) is 0 Å². The molecule has 1 rings (SSSR count). The Labute approximate surface area is 76.5 Å². The molecule has 0 aromatic carbocycles. The highest BCUT2D eigenvalue weighted by molar-refractivity contribution is 4.80. The van der Waals surface area contributed by atoms with E-state index in [2.05, 4.69) is 6.07 Å². The first-order valence-electron chi connectivity index (χ1n) is 4.32. The van der Waals surface area contributed by atoms with Crippen molar-refractivity contribution in [1.82, 2.24) is 9.80 Å². The van der Waals surface area contributed by atoms with Gasteiger partial charge in [-0.1, -0.05) is 0 Å². The van der Waals surface area contributed by atoms with Crippen LogP contribution in [0.3, 0.4) is 0 Å². The number of rotatable bonds is 3. The van der Waals surface area contributed by atoms with Crippen molar-refractivity contribution in [3.63, 3.8) is 0 Å². The predicted octanol–water partition coefficient (Wildman–Crippen LogP) is 0.393. The predicted molar refractivity (Wildman–Crippen MR) is 44.5 cm³/mol. The summed E-state index contributed by atoms with van der Waals surface area (Å²) in [5, 5.41) is 8.40. The van der Waals surface area contributed by atoms with Crippen LogP contribution in [0.1, 0.15) is 0 Å². The maximum Gasteiger partial charge on any atom is 0.251 e. The van der Waals surface area contributed by atoms with Crippen LogP contribution in [0.15, 0.2) is 0 Å². The highest BCUT2D eigenvalue weighted by atomic mass is 19.3. The van der Waals surface area contributed by atoms with Crippen LogP contribution in [-0.4, -0.2) is 55.5 Å². The van der Waals surface area contributed by atoms with E-state index in [4.69, 9.17) is 5.26 Å². The van der Waals surface area contributed by atoms with Crippen LogP contribution in [0, 0.1) is 11.3 Å². The number of hydrogen-bond acceptors (Lipinski definition) is 3. The molecule has 0 N–H and O–H groups in total.